The molecule has 4 nitrogen and oxygen atoms in total. The summed E-state index contributed by atoms with van der Waals surface area (Å²) in [5, 5.41) is 0. The lowest BCUT2D eigenvalue weighted by molar-refractivity contribution is -0.130. The van der Waals surface area contributed by atoms with E-state index in [0.717, 1.165) is 57.0 Å². The second-order valence-corrected chi connectivity index (χ2v) is 8.09. The molecule has 1 amide bonds. The van der Waals surface area contributed by atoms with Crippen LogP contribution in [0.15, 0.2) is 18.2 Å². The third kappa shape index (κ3) is 4.22. The first-order chi connectivity index (χ1) is 12.8. The predicted octanol–water partition coefficient (Wildman–Crippen LogP) is 3.42. The molecule has 2 aliphatic heterocycles. The van der Waals surface area contributed by atoms with E-state index in [1.54, 1.807) is 0 Å². The number of likely N-dealkylation sites (tertiary alicyclic amines) is 1. The number of hydrogen-bond donors (Lipinski definition) is 0. The summed E-state index contributed by atoms with van der Waals surface area (Å²) in [5.41, 5.74) is 2.95. The van der Waals surface area contributed by atoms with Crippen molar-refractivity contribution in [2.45, 2.75) is 63.8 Å². The molecule has 2 fully saturated rings. The first kappa shape index (κ1) is 17.8. The molecule has 142 valence electrons. The molecule has 0 bridgehead atoms. The maximum Gasteiger partial charge on any atom is 0.222 e. The van der Waals surface area contributed by atoms with Crippen molar-refractivity contribution in [3.8, 4) is 5.75 Å². The largest absolute Gasteiger partial charge is 0.494 e. The number of rotatable bonds is 6. The molecule has 0 N–H and O–H groups in total. The van der Waals surface area contributed by atoms with Gasteiger partial charge in [-0.05, 0) is 68.2 Å². The standard InChI is InChI=1S/C22H32N2O2/c25-22(24-12-1-2-13-24)7-4-16-26-21-9-8-18-10-14-23(20-5-3-6-20)15-11-19(18)17-21/h8-9,17,20H,1-7,10-16H2. The lowest BCUT2D eigenvalue weighted by Gasteiger charge is -2.36. The van der Waals surface area contributed by atoms with E-state index >= 15 is 0 Å². The molecule has 26 heavy (non-hydrogen) atoms. The predicted molar refractivity (Wildman–Crippen MR) is 104 cm³/mol. The molecule has 1 aromatic rings. The van der Waals surface area contributed by atoms with E-state index < -0.39 is 0 Å². The van der Waals surface area contributed by atoms with Gasteiger partial charge in [-0.1, -0.05) is 12.5 Å². The Hall–Kier alpha value is -1.55. The summed E-state index contributed by atoms with van der Waals surface area (Å²) in [6.07, 6.45) is 10.2. The number of carbonyl (C=O) groups is 1. The van der Waals surface area contributed by atoms with E-state index in [2.05, 4.69) is 23.1 Å². The molecule has 1 aliphatic carbocycles. The van der Waals surface area contributed by atoms with Crippen LogP contribution in [0.4, 0.5) is 0 Å². The minimum atomic E-state index is 0.295. The van der Waals surface area contributed by atoms with Crippen LogP contribution in [0.25, 0.3) is 0 Å². The summed E-state index contributed by atoms with van der Waals surface area (Å²) < 4.78 is 5.95. The minimum Gasteiger partial charge on any atom is -0.494 e. The number of amides is 1. The monoisotopic (exact) mass is 356 g/mol. The minimum absolute atomic E-state index is 0.295. The highest BCUT2D eigenvalue weighted by Crippen LogP contribution is 2.28. The van der Waals surface area contributed by atoms with Crippen LogP contribution in [0.3, 0.4) is 0 Å². The summed E-state index contributed by atoms with van der Waals surface area (Å²) in [4.78, 5) is 16.8. The first-order valence-corrected chi connectivity index (χ1v) is 10.6. The van der Waals surface area contributed by atoms with Crippen molar-refractivity contribution >= 4 is 5.91 Å². The lowest BCUT2D eigenvalue weighted by Crippen LogP contribution is -2.41. The highest BCUT2D eigenvalue weighted by atomic mass is 16.5. The van der Waals surface area contributed by atoms with Crippen molar-refractivity contribution < 1.29 is 9.53 Å². The number of nitrogens with zero attached hydrogens (tertiary/aromatic N) is 2. The molecule has 1 aromatic carbocycles. The topological polar surface area (TPSA) is 32.8 Å². The lowest BCUT2D eigenvalue weighted by atomic mass is 9.91. The highest BCUT2D eigenvalue weighted by Gasteiger charge is 2.26. The quantitative estimate of drug-likeness (QED) is 0.732. The molecular weight excluding hydrogens is 324 g/mol. The van der Waals surface area contributed by atoms with Crippen molar-refractivity contribution in [3.05, 3.63) is 29.3 Å². The Balaban J connectivity index is 1.24. The van der Waals surface area contributed by atoms with E-state index in [4.69, 9.17) is 4.74 Å². The Morgan fingerprint density at radius 1 is 1.00 bits per heavy atom. The van der Waals surface area contributed by atoms with Crippen LogP contribution in [-0.2, 0) is 17.6 Å². The number of carbonyl (C=O) groups excluding carboxylic acids is 1. The second kappa shape index (κ2) is 8.43. The SMILES string of the molecule is O=C(CCCOc1ccc2c(c1)CCN(C1CCC1)CC2)N1CCCC1. The summed E-state index contributed by atoms with van der Waals surface area (Å²) in [6.45, 7) is 4.92. The Labute approximate surface area is 157 Å². The molecule has 0 aromatic heterocycles. The number of fused-ring (bicyclic) bond motifs is 1. The van der Waals surface area contributed by atoms with Crippen LogP contribution in [0.2, 0.25) is 0 Å². The van der Waals surface area contributed by atoms with Gasteiger partial charge in [0.15, 0.2) is 0 Å². The van der Waals surface area contributed by atoms with Crippen LogP contribution in [0.5, 0.6) is 5.75 Å². The Kier molecular flexibility index (Phi) is 5.78. The van der Waals surface area contributed by atoms with Gasteiger partial charge in [0.25, 0.3) is 0 Å². The number of ether oxygens (including phenoxy) is 1. The molecule has 3 aliphatic rings. The van der Waals surface area contributed by atoms with Gasteiger partial charge in [0.1, 0.15) is 5.75 Å². The second-order valence-electron chi connectivity index (χ2n) is 8.09. The third-order valence-electron chi connectivity index (χ3n) is 6.37. The molecule has 4 rings (SSSR count). The van der Waals surface area contributed by atoms with Crippen LogP contribution < -0.4 is 4.74 Å². The van der Waals surface area contributed by atoms with E-state index in [0.29, 0.717) is 18.9 Å². The first-order valence-electron chi connectivity index (χ1n) is 10.6. The fourth-order valence-electron chi connectivity index (χ4n) is 4.46. The fraction of sp³-hybridized carbons (Fsp3) is 0.682. The van der Waals surface area contributed by atoms with Crippen LogP contribution >= 0.6 is 0 Å². The summed E-state index contributed by atoms with van der Waals surface area (Å²) >= 11 is 0. The zero-order chi connectivity index (χ0) is 17.8. The maximum absolute atomic E-state index is 12.1. The smallest absolute Gasteiger partial charge is 0.222 e. The van der Waals surface area contributed by atoms with Crippen molar-refractivity contribution in [2.24, 2.45) is 0 Å². The van der Waals surface area contributed by atoms with Gasteiger partial charge in [-0.3, -0.25) is 9.69 Å². The van der Waals surface area contributed by atoms with Crippen molar-refractivity contribution in [2.75, 3.05) is 32.8 Å². The van der Waals surface area contributed by atoms with Crippen LogP contribution in [0, 0.1) is 0 Å². The third-order valence-corrected chi connectivity index (χ3v) is 6.37. The summed E-state index contributed by atoms with van der Waals surface area (Å²) in [6, 6.07) is 7.44. The molecule has 1 saturated heterocycles. The molecule has 0 radical (unpaired) electrons. The van der Waals surface area contributed by atoms with Crippen molar-refractivity contribution in [1.82, 2.24) is 9.80 Å². The number of benzene rings is 1. The van der Waals surface area contributed by atoms with Gasteiger partial charge in [0.2, 0.25) is 5.91 Å². The summed E-state index contributed by atoms with van der Waals surface area (Å²) in [7, 11) is 0. The molecule has 2 heterocycles. The Bertz CT molecular complexity index is 621. The maximum atomic E-state index is 12.1. The van der Waals surface area contributed by atoms with Gasteiger partial charge < -0.3 is 9.64 Å². The van der Waals surface area contributed by atoms with Crippen LogP contribution in [0.1, 0.15) is 56.1 Å². The molecule has 0 spiro atoms. The molecule has 4 heteroatoms. The summed E-state index contributed by atoms with van der Waals surface area (Å²) in [5.74, 6) is 1.26. The van der Waals surface area contributed by atoms with Gasteiger partial charge in [-0.2, -0.15) is 0 Å². The van der Waals surface area contributed by atoms with Gasteiger partial charge in [0, 0.05) is 38.6 Å². The average molecular weight is 357 g/mol. The number of hydrogen-bond acceptors (Lipinski definition) is 3. The van der Waals surface area contributed by atoms with Gasteiger partial charge in [-0.25, -0.2) is 0 Å². The molecular formula is C22H32N2O2. The van der Waals surface area contributed by atoms with Crippen LogP contribution in [-0.4, -0.2) is 54.5 Å². The zero-order valence-electron chi connectivity index (χ0n) is 15.9. The van der Waals surface area contributed by atoms with Crippen molar-refractivity contribution in [1.29, 1.82) is 0 Å². The Morgan fingerprint density at radius 2 is 1.77 bits per heavy atom. The van der Waals surface area contributed by atoms with E-state index in [-0.39, 0.29) is 0 Å². The van der Waals surface area contributed by atoms with Gasteiger partial charge in [-0.15, -0.1) is 0 Å². The Morgan fingerprint density at radius 3 is 2.50 bits per heavy atom. The van der Waals surface area contributed by atoms with E-state index in [9.17, 15) is 4.79 Å². The average Bonchev–Trinajstić information content (AvgIpc) is 3.07. The van der Waals surface area contributed by atoms with E-state index in [1.165, 1.54) is 43.5 Å². The molecule has 1 saturated carbocycles. The molecule has 0 unspecified atom stereocenters. The fourth-order valence-corrected chi connectivity index (χ4v) is 4.46. The zero-order valence-corrected chi connectivity index (χ0v) is 15.9. The molecule has 0 atom stereocenters. The van der Waals surface area contributed by atoms with Gasteiger partial charge in [0.05, 0.1) is 6.61 Å². The highest BCUT2D eigenvalue weighted by molar-refractivity contribution is 5.76. The van der Waals surface area contributed by atoms with E-state index in [1.807, 2.05) is 4.90 Å². The van der Waals surface area contributed by atoms with Gasteiger partial charge >= 0.3 is 0 Å². The normalized spacial score (nSPS) is 21.2. The van der Waals surface area contributed by atoms with Crippen molar-refractivity contribution in [3.63, 3.8) is 0 Å².